The monoisotopic (exact) mass is 644 g/mol. The molecule has 0 unspecified atom stereocenters. The van der Waals surface area contributed by atoms with E-state index in [-0.39, 0.29) is 30.5 Å². The van der Waals surface area contributed by atoms with Crippen LogP contribution in [0.3, 0.4) is 0 Å². The highest BCUT2D eigenvalue weighted by Gasteiger charge is 2.35. The van der Waals surface area contributed by atoms with E-state index in [1.54, 1.807) is 27.7 Å². The summed E-state index contributed by atoms with van der Waals surface area (Å²) >= 11 is 0. The van der Waals surface area contributed by atoms with Crippen molar-refractivity contribution >= 4 is 32.4 Å². The van der Waals surface area contributed by atoms with Crippen molar-refractivity contribution in [2.24, 2.45) is 23.7 Å². The minimum Gasteiger partial charge on any atom is -0.390 e. The van der Waals surface area contributed by atoms with Gasteiger partial charge in [-0.05, 0) is 68.2 Å². The molecule has 0 aromatic heterocycles. The van der Waals surface area contributed by atoms with E-state index in [4.69, 9.17) is 0 Å². The van der Waals surface area contributed by atoms with Crippen molar-refractivity contribution in [2.75, 3.05) is 12.3 Å². The van der Waals surface area contributed by atoms with Crippen LogP contribution in [0.25, 0.3) is 10.8 Å². The second-order valence-corrected chi connectivity index (χ2v) is 17.5. The Morgan fingerprint density at radius 3 is 2.20 bits per heavy atom. The summed E-state index contributed by atoms with van der Waals surface area (Å²) in [5.41, 5.74) is 0.864. The molecule has 0 bridgehead atoms. The van der Waals surface area contributed by atoms with Crippen LogP contribution < -0.4 is 10.6 Å². The molecule has 9 heteroatoms. The maximum Gasteiger partial charge on any atom is 0.224 e. The quantitative estimate of drug-likeness (QED) is 0.211. The molecule has 2 amide bonds. The summed E-state index contributed by atoms with van der Waals surface area (Å²) in [4.78, 5) is 26.9. The van der Waals surface area contributed by atoms with Gasteiger partial charge in [-0.15, -0.1) is 0 Å². The van der Waals surface area contributed by atoms with Gasteiger partial charge >= 0.3 is 0 Å². The van der Waals surface area contributed by atoms with E-state index in [0.717, 1.165) is 42.0 Å². The lowest BCUT2D eigenvalue weighted by Gasteiger charge is -2.33. The van der Waals surface area contributed by atoms with Crippen LogP contribution in [0.5, 0.6) is 0 Å². The number of aliphatic hydroxyl groups excluding tert-OH is 2. The lowest BCUT2D eigenvalue weighted by atomic mass is 9.82. The average molecular weight is 645 g/mol. The number of rotatable bonds is 15. The number of carbonyl (C=O) groups excluding carboxylic acids is 2. The van der Waals surface area contributed by atoms with Crippen LogP contribution in [-0.2, 0) is 25.8 Å². The van der Waals surface area contributed by atoms with Gasteiger partial charge in [-0.25, -0.2) is 8.42 Å². The lowest BCUT2D eigenvalue weighted by molar-refractivity contribution is -0.128. The maximum absolute atomic E-state index is 13.5. The number of hydrogen-bond acceptors (Lipinski definition) is 6. The van der Waals surface area contributed by atoms with E-state index in [9.17, 15) is 28.2 Å². The Morgan fingerprint density at radius 1 is 0.933 bits per heavy atom. The van der Waals surface area contributed by atoms with Gasteiger partial charge in [0.2, 0.25) is 11.8 Å². The van der Waals surface area contributed by atoms with Gasteiger partial charge in [0.05, 0.1) is 34.5 Å². The van der Waals surface area contributed by atoms with Crippen LogP contribution in [0.1, 0.15) is 92.1 Å². The first-order valence-corrected chi connectivity index (χ1v) is 18.4. The molecule has 0 aliphatic heterocycles. The molecule has 1 fully saturated rings. The van der Waals surface area contributed by atoms with E-state index in [0.29, 0.717) is 18.8 Å². The Morgan fingerprint density at radius 2 is 1.58 bits per heavy atom. The standard InChI is InChI=1S/C36H56N2O6S/c1-24(2)18-32(39)33(40)31(21-26-12-8-7-9-13-26)38-34(41)25(3)22-37-35(42)30(23-45(43,44)36(4,5)6)20-27-16-17-28-14-10-11-15-29(28)19-27/h10-11,14-17,19,24-26,30-33,39-40H,7-9,12-13,18,20-23H2,1-6H3,(H,37,42)(H,38,41)/t25-,30-,31+,32+,33-/m1/s1. The van der Waals surface area contributed by atoms with Gasteiger partial charge in [0, 0.05) is 6.54 Å². The van der Waals surface area contributed by atoms with Gasteiger partial charge < -0.3 is 20.8 Å². The highest BCUT2D eigenvalue weighted by molar-refractivity contribution is 7.92. The second kappa shape index (κ2) is 16.4. The first-order chi connectivity index (χ1) is 21.1. The molecule has 2 aromatic rings. The molecule has 8 nitrogen and oxygen atoms in total. The van der Waals surface area contributed by atoms with Crippen molar-refractivity contribution in [2.45, 2.75) is 116 Å². The summed E-state index contributed by atoms with van der Waals surface area (Å²) in [7, 11) is -3.61. The predicted molar refractivity (Wildman–Crippen MR) is 181 cm³/mol. The third kappa shape index (κ3) is 11.1. The number of benzene rings is 2. The van der Waals surface area contributed by atoms with Gasteiger partial charge in [0.1, 0.15) is 6.10 Å². The summed E-state index contributed by atoms with van der Waals surface area (Å²) < 4.78 is 25.4. The first-order valence-electron chi connectivity index (χ1n) is 16.7. The molecule has 4 N–H and O–H groups in total. The SMILES string of the molecule is CC(C)C[C@H](O)[C@H](O)[C@H](CC1CCCCC1)NC(=O)[C@H](C)CNC(=O)[C@H](Cc1ccc2ccccc2c1)CS(=O)(=O)C(C)(C)C. The Bertz CT molecular complexity index is 1360. The van der Waals surface area contributed by atoms with Crippen molar-refractivity contribution in [1.29, 1.82) is 0 Å². The van der Waals surface area contributed by atoms with Crippen LogP contribution in [0.4, 0.5) is 0 Å². The van der Waals surface area contributed by atoms with Crippen molar-refractivity contribution in [3.63, 3.8) is 0 Å². The zero-order chi connectivity index (χ0) is 33.4. The highest BCUT2D eigenvalue weighted by atomic mass is 32.2. The number of hydrogen-bond donors (Lipinski definition) is 4. The van der Waals surface area contributed by atoms with Gasteiger partial charge in [0.25, 0.3) is 0 Å². The summed E-state index contributed by atoms with van der Waals surface area (Å²) in [6.45, 7) is 10.6. The number of carbonyl (C=O) groups is 2. The van der Waals surface area contributed by atoms with Gasteiger partial charge in [0.15, 0.2) is 9.84 Å². The molecular weight excluding hydrogens is 588 g/mol. The molecule has 5 atom stereocenters. The third-order valence-corrected chi connectivity index (χ3v) is 11.9. The molecule has 0 spiro atoms. The van der Waals surface area contributed by atoms with Crippen molar-refractivity contribution in [1.82, 2.24) is 10.6 Å². The summed E-state index contributed by atoms with van der Waals surface area (Å²) in [6, 6.07) is 13.2. The zero-order valence-electron chi connectivity index (χ0n) is 28.1. The number of fused-ring (bicyclic) bond motifs is 1. The van der Waals surface area contributed by atoms with E-state index >= 15 is 0 Å². The Hall–Kier alpha value is -2.49. The molecular formula is C36H56N2O6S. The largest absolute Gasteiger partial charge is 0.390 e. The summed E-state index contributed by atoms with van der Waals surface area (Å²) in [6.07, 6.45) is 4.77. The van der Waals surface area contributed by atoms with E-state index in [1.165, 1.54) is 6.42 Å². The van der Waals surface area contributed by atoms with Gasteiger partial charge in [-0.3, -0.25) is 9.59 Å². The van der Waals surface area contributed by atoms with Crippen LogP contribution in [0.2, 0.25) is 0 Å². The minimum absolute atomic E-state index is 0.0231. The van der Waals surface area contributed by atoms with Gasteiger partial charge in [-0.1, -0.05) is 95.3 Å². The van der Waals surface area contributed by atoms with E-state index in [2.05, 4.69) is 10.6 Å². The molecule has 1 aliphatic rings. The molecule has 0 radical (unpaired) electrons. The molecule has 1 aliphatic carbocycles. The lowest BCUT2D eigenvalue weighted by Crippen LogP contribution is -2.52. The molecule has 1 saturated carbocycles. The van der Waals surface area contributed by atoms with Crippen molar-refractivity contribution in [3.8, 4) is 0 Å². The second-order valence-electron chi connectivity index (χ2n) is 14.7. The molecule has 252 valence electrons. The molecule has 0 heterocycles. The fourth-order valence-electron chi connectivity index (χ4n) is 6.16. The molecule has 45 heavy (non-hydrogen) atoms. The van der Waals surface area contributed by atoms with E-state index in [1.807, 2.05) is 56.3 Å². The summed E-state index contributed by atoms with van der Waals surface area (Å²) in [5, 5.41) is 29.7. The molecule has 3 rings (SSSR count). The number of nitrogens with one attached hydrogen (secondary N) is 2. The fourth-order valence-corrected chi connectivity index (χ4v) is 7.46. The number of aliphatic hydroxyl groups is 2. The Kier molecular flexibility index (Phi) is 13.4. The normalized spacial score (nSPS) is 18.2. The number of sulfone groups is 1. The Balaban J connectivity index is 1.70. The molecule has 0 saturated heterocycles. The minimum atomic E-state index is -3.61. The Labute approximate surface area is 270 Å². The number of amides is 2. The maximum atomic E-state index is 13.5. The highest BCUT2D eigenvalue weighted by Crippen LogP contribution is 2.29. The van der Waals surface area contributed by atoms with Gasteiger partial charge in [-0.2, -0.15) is 0 Å². The first kappa shape index (κ1) is 37.0. The zero-order valence-corrected chi connectivity index (χ0v) is 28.9. The van der Waals surface area contributed by atoms with Crippen LogP contribution in [-0.4, -0.2) is 65.7 Å². The van der Waals surface area contributed by atoms with E-state index < -0.39 is 50.6 Å². The van der Waals surface area contributed by atoms with Crippen molar-refractivity contribution in [3.05, 3.63) is 48.0 Å². The summed E-state index contributed by atoms with van der Waals surface area (Å²) in [5.74, 6) is -1.93. The third-order valence-electron chi connectivity index (χ3n) is 9.21. The van der Waals surface area contributed by atoms with Crippen molar-refractivity contribution < 1.29 is 28.2 Å². The topological polar surface area (TPSA) is 133 Å². The fraction of sp³-hybridized carbons (Fsp3) is 0.667. The van der Waals surface area contributed by atoms with Crippen LogP contribution >= 0.6 is 0 Å². The average Bonchev–Trinajstić information content (AvgIpc) is 2.98. The molecule has 2 aromatic carbocycles. The smallest absolute Gasteiger partial charge is 0.224 e. The van der Waals surface area contributed by atoms with Crippen LogP contribution in [0.15, 0.2) is 42.5 Å². The van der Waals surface area contributed by atoms with Crippen LogP contribution in [0, 0.1) is 23.7 Å². The predicted octanol–water partition coefficient (Wildman–Crippen LogP) is 5.19.